The Kier molecular flexibility index (Phi) is 7.40. The van der Waals surface area contributed by atoms with Gasteiger partial charge in [-0.2, -0.15) is 5.26 Å². The highest BCUT2D eigenvalue weighted by Gasteiger charge is 2.43. The van der Waals surface area contributed by atoms with Gasteiger partial charge in [-0.1, -0.05) is 30.3 Å². The number of halogens is 4. The monoisotopic (exact) mass is 551 g/mol. The molecule has 0 spiro atoms. The number of hydrogen-bond donors (Lipinski definition) is 1. The number of benzene rings is 2. The third-order valence-electron chi connectivity index (χ3n) is 5.00. The first-order valence-corrected chi connectivity index (χ1v) is 10.5. The minimum absolute atomic E-state index is 0.0169. The standard InChI is InChI=1S/C23H17BrF3N3O5/c1-33-21(31)18-17(12-6-4-3-5-7-12)14(11-28)20(29)30(19(18)22(32)34-2)16-9-8-13(10-15(16)24)35-23(25,26)27/h3-10,17H,29H2,1-2H3. The summed E-state index contributed by atoms with van der Waals surface area (Å²) in [6, 6.07) is 13.5. The van der Waals surface area contributed by atoms with E-state index in [1.807, 2.05) is 6.07 Å². The van der Waals surface area contributed by atoms with Crippen LogP contribution in [-0.2, 0) is 19.1 Å². The van der Waals surface area contributed by atoms with Gasteiger partial charge in [-0.3, -0.25) is 4.90 Å². The van der Waals surface area contributed by atoms with E-state index in [0.717, 1.165) is 31.3 Å². The van der Waals surface area contributed by atoms with E-state index >= 15 is 0 Å². The first kappa shape index (κ1) is 25.6. The van der Waals surface area contributed by atoms with Crippen LogP contribution in [0.4, 0.5) is 18.9 Å². The SMILES string of the molecule is COC(=O)C1=C(C(=O)OC)N(c2ccc(OC(F)(F)F)cc2Br)C(N)=C(C#N)C1c1ccccc1. The number of esters is 2. The summed E-state index contributed by atoms with van der Waals surface area (Å²) in [5.74, 6) is -3.79. The van der Waals surface area contributed by atoms with Crippen LogP contribution in [0.3, 0.4) is 0 Å². The van der Waals surface area contributed by atoms with Crippen LogP contribution in [0.2, 0.25) is 0 Å². The van der Waals surface area contributed by atoms with E-state index in [2.05, 4.69) is 20.7 Å². The predicted molar refractivity (Wildman–Crippen MR) is 120 cm³/mol. The van der Waals surface area contributed by atoms with Crippen LogP contribution in [0, 0.1) is 11.3 Å². The number of carbonyl (C=O) groups is 2. The Morgan fingerprint density at radius 1 is 1.09 bits per heavy atom. The van der Waals surface area contributed by atoms with E-state index in [0.29, 0.717) is 5.56 Å². The number of ether oxygens (including phenoxy) is 3. The number of rotatable bonds is 5. The van der Waals surface area contributed by atoms with Crippen LogP contribution in [-0.4, -0.2) is 32.5 Å². The molecule has 0 saturated heterocycles. The fraction of sp³-hybridized carbons (Fsp3) is 0.174. The largest absolute Gasteiger partial charge is 0.573 e. The second-order valence-corrected chi connectivity index (χ2v) is 7.85. The molecule has 12 heteroatoms. The van der Waals surface area contributed by atoms with Gasteiger partial charge >= 0.3 is 18.3 Å². The van der Waals surface area contributed by atoms with Crippen LogP contribution in [0.5, 0.6) is 5.75 Å². The zero-order chi connectivity index (χ0) is 25.9. The number of nitrogens with zero attached hydrogens (tertiary/aromatic N) is 2. The molecule has 0 amide bonds. The average molecular weight is 552 g/mol. The summed E-state index contributed by atoms with van der Waals surface area (Å²) in [7, 11) is 2.18. The van der Waals surface area contributed by atoms with Crippen molar-refractivity contribution in [2.24, 2.45) is 5.73 Å². The van der Waals surface area contributed by atoms with E-state index in [1.165, 1.54) is 6.07 Å². The molecule has 0 radical (unpaired) electrons. The molecule has 182 valence electrons. The van der Waals surface area contributed by atoms with Crippen molar-refractivity contribution in [1.82, 2.24) is 0 Å². The minimum Gasteiger partial charge on any atom is -0.466 e. The van der Waals surface area contributed by atoms with Crippen molar-refractivity contribution < 1.29 is 37.0 Å². The summed E-state index contributed by atoms with van der Waals surface area (Å²) in [6.07, 6.45) is -4.93. The molecular weight excluding hydrogens is 535 g/mol. The maximum Gasteiger partial charge on any atom is 0.573 e. The predicted octanol–water partition coefficient (Wildman–Crippen LogP) is 4.25. The maximum atomic E-state index is 13.0. The second-order valence-electron chi connectivity index (χ2n) is 7.00. The molecule has 0 fully saturated rings. The quantitative estimate of drug-likeness (QED) is 0.548. The highest BCUT2D eigenvalue weighted by molar-refractivity contribution is 9.10. The molecule has 1 aliphatic heterocycles. The van der Waals surface area contributed by atoms with Crippen molar-refractivity contribution in [1.29, 1.82) is 5.26 Å². The highest BCUT2D eigenvalue weighted by Crippen LogP contribution is 2.45. The van der Waals surface area contributed by atoms with E-state index in [1.54, 1.807) is 30.3 Å². The Hall–Kier alpha value is -3.98. The molecule has 0 aliphatic carbocycles. The molecule has 35 heavy (non-hydrogen) atoms. The highest BCUT2D eigenvalue weighted by atomic mass is 79.9. The van der Waals surface area contributed by atoms with Gasteiger partial charge in [0.05, 0.1) is 43.0 Å². The lowest BCUT2D eigenvalue weighted by molar-refractivity contribution is -0.274. The van der Waals surface area contributed by atoms with Crippen LogP contribution in [0.25, 0.3) is 0 Å². The molecule has 2 N–H and O–H groups in total. The van der Waals surface area contributed by atoms with Crippen molar-refractivity contribution in [3.8, 4) is 11.8 Å². The molecule has 1 aliphatic rings. The Morgan fingerprint density at radius 3 is 2.23 bits per heavy atom. The number of allylic oxidation sites excluding steroid dienone is 1. The molecule has 1 unspecified atom stereocenters. The first-order valence-electron chi connectivity index (χ1n) is 9.75. The zero-order valence-corrected chi connectivity index (χ0v) is 19.8. The summed E-state index contributed by atoms with van der Waals surface area (Å²) in [5, 5.41) is 9.99. The molecule has 0 bridgehead atoms. The molecule has 2 aromatic carbocycles. The third kappa shape index (κ3) is 5.09. The fourth-order valence-corrected chi connectivity index (χ4v) is 4.16. The van der Waals surface area contributed by atoms with Gasteiger partial charge in [0.25, 0.3) is 0 Å². The lowest BCUT2D eigenvalue weighted by atomic mass is 9.81. The summed E-state index contributed by atoms with van der Waals surface area (Å²) >= 11 is 3.15. The van der Waals surface area contributed by atoms with Crippen molar-refractivity contribution in [3.05, 3.63) is 81.2 Å². The molecule has 0 saturated carbocycles. The van der Waals surface area contributed by atoms with Crippen molar-refractivity contribution in [2.45, 2.75) is 12.3 Å². The van der Waals surface area contributed by atoms with E-state index in [4.69, 9.17) is 15.2 Å². The lowest BCUT2D eigenvalue weighted by Crippen LogP contribution is -2.41. The van der Waals surface area contributed by atoms with Crippen LogP contribution >= 0.6 is 15.9 Å². The van der Waals surface area contributed by atoms with Gasteiger partial charge in [0.1, 0.15) is 17.3 Å². The Morgan fingerprint density at radius 2 is 1.71 bits per heavy atom. The maximum absolute atomic E-state index is 13.0. The lowest BCUT2D eigenvalue weighted by Gasteiger charge is -2.36. The van der Waals surface area contributed by atoms with E-state index in [-0.39, 0.29) is 32.8 Å². The number of hydrogen-bond acceptors (Lipinski definition) is 8. The minimum atomic E-state index is -4.93. The summed E-state index contributed by atoms with van der Waals surface area (Å²) in [5.41, 5.74) is 6.17. The number of methoxy groups -OCH3 is 2. The number of nitriles is 1. The average Bonchev–Trinajstić information content (AvgIpc) is 2.82. The summed E-state index contributed by atoms with van der Waals surface area (Å²) in [4.78, 5) is 27.0. The Labute approximate surface area is 206 Å². The Bertz CT molecular complexity index is 1270. The second kappa shape index (κ2) is 10.1. The van der Waals surface area contributed by atoms with E-state index < -0.39 is 30.0 Å². The number of carbonyl (C=O) groups excluding carboxylic acids is 2. The normalized spacial score (nSPS) is 16.0. The van der Waals surface area contributed by atoms with Crippen LogP contribution in [0.15, 0.2) is 75.7 Å². The molecular formula is C23H17BrF3N3O5. The number of alkyl halides is 3. The molecule has 8 nitrogen and oxygen atoms in total. The smallest absolute Gasteiger partial charge is 0.466 e. The van der Waals surface area contributed by atoms with Gasteiger partial charge in [0.2, 0.25) is 0 Å². The molecule has 3 rings (SSSR count). The molecule has 0 aromatic heterocycles. The number of nitrogens with two attached hydrogens (primary N) is 1. The first-order chi connectivity index (χ1) is 16.5. The van der Waals surface area contributed by atoms with Crippen molar-refractivity contribution in [2.75, 3.05) is 19.1 Å². The summed E-state index contributed by atoms with van der Waals surface area (Å²) < 4.78 is 51.7. The summed E-state index contributed by atoms with van der Waals surface area (Å²) in [6.45, 7) is 0. The van der Waals surface area contributed by atoms with Gasteiger partial charge in [0, 0.05) is 4.47 Å². The Balaban J connectivity index is 2.34. The zero-order valence-electron chi connectivity index (χ0n) is 18.2. The molecule has 2 aromatic rings. The third-order valence-corrected chi connectivity index (χ3v) is 5.64. The van der Waals surface area contributed by atoms with Crippen molar-refractivity contribution >= 4 is 33.6 Å². The van der Waals surface area contributed by atoms with Gasteiger partial charge in [0.15, 0.2) is 0 Å². The van der Waals surface area contributed by atoms with Gasteiger partial charge in [-0.05, 0) is 39.7 Å². The van der Waals surface area contributed by atoms with Crippen LogP contribution in [0.1, 0.15) is 11.5 Å². The van der Waals surface area contributed by atoms with E-state index in [9.17, 15) is 28.0 Å². The topological polar surface area (TPSA) is 115 Å². The molecule has 1 atom stereocenters. The van der Waals surface area contributed by atoms with Crippen LogP contribution < -0.4 is 15.4 Å². The van der Waals surface area contributed by atoms with Crippen molar-refractivity contribution in [3.63, 3.8) is 0 Å². The fourth-order valence-electron chi connectivity index (χ4n) is 3.63. The van der Waals surface area contributed by atoms with Gasteiger partial charge in [-0.15, -0.1) is 13.2 Å². The molecule has 1 heterocycles. The van der Waals surface area contributed by atoms with Gasteiger partial charge < -0.3 is 19.9 Å². The number of anilines is 1. The van der Waals surface area contributed by atoms with Gasteiger partial charge in [-0.25, -0.2) is 9.59 Å².